The van der Waals surface area contributed by atoms with E-state index in [2.05, 4.69) is 6.92 Å². The highest BCUT2D eigenvalue weighted by Gasteiger charge is 1.94. The molecule has 148 valence electrons. The molecule has 0 aromatic carbocycles. The Kier molecular flexibility index (Phi) is 40.4. The van der Waals surface area contributed by atoms with E-state index in [0.717, 1.165) is 19.1 Å². The Balaban J connectivity index is -0.00000102. The van der Waals surface area contributed by atoms with Gasteiger partial charge in [0.2, 0.25) is 0 Å². The van der Waals surface area contributed by atoms with Crippen molar-refractivity contribution in [3.05, 3.63) is 0 Å². The summed E-state index contributed by atoms with van der Waals surface area (Å²) in [5.74, 6) is 0. The average molecular weight is 343 g/mol. The molecule has 0 spiro atoms. The van der Waals surface area contributed by atoms with Crippen molar-refractivity contribution in [1.29, 1.82) is 0 Å². The van der Waals surface area contributed by atoms with Crippen molar-refractivity contribution >= 4 is 6.29 Å². The van der Waals surface area contributed by atoms with Crippen LogP contribution in [0.1, 0.15) is 144 Å². The van der Waals surface area contributed by atoms with E-state index < -0.39 is 0 Å². The smallest absolute Gasteiger partial charge is 0.119 e. The van der Waals surface area contributed by atoms with Crippen molar-refractivity contribution in [2.45, 2.75) is 144 Å². The van der Waals surface area contributed by atoms with Crippen LogP contribution in [-0.2, 0) is 4.79 Å². The summed E-state index contributed by atoms with van der Waals surface area (Å²) in [6, 6.07) is 0. The molecule has 0 N–H and O–H groups in total. The molecule has 0 radical (unpaired) electrons. The lowest BCUT2D eigenvalue weighted by molar-refractivity contribution is -0.107. The van der Waals surface area contributed by atoms with Crippen LogP contribution in [0.2, 0.25) is 0 Å². The lowest BCUT2D eigenvalue weighted by atomic mass is 10.0. The molecule has 0 aliphatic heterocycles. The van der Waals surface area contributed by atoms with Crippen LogP contribution < -0.4 is 0 Å². The maximum absolute atomic E-state index is 10.2. The van der Waals surface area contributed by atoms with Crippen LogP contribution in [0, 0.1) is 0 Å². The molecule has 0 aromatic heterocycles. The standard InChI is InChI=1S/C19H38O.2C2H6/c1-2-3-4-5-6-7-8-9-10-11-12-13-14-15-16-17-18-19-20;2*1-2/h19H,2-18H2,1H3;2*1-2H3. The summed E-state index contributed by atoms with van der Waals surface area (Å²) in [7, 11) is 0. The highest BCUT2D eigenvalue weighted by atomic mass is 16.1. The minimum atomic E-state index is 0.762. The Hall–Kier alpha value is -0.330. The summed E-state index contributed by atoms with van der Waals surface area (Å²) in [4.78, 5) is 10.2. The van der Waals surface area contributed by atoms with E-state index >= 15 is 0 Å². The van der Waals surface area contributed by atoms with Gasteiger partial charge in [-0.05, 0) is 6.42 Å². The third-order valence-electron chi connectivity index (χ3n) is 4.18. The molecule has 0 unspecified atom stereocenters. The van der Waals surface area contributed by atoms with Crippen LogP contribution in [0.4, 0.5) is 0 Å². The monoisotopic (exact) mass is 342 g/mol. The predicted octanol–water partition coefficient (Wildman–Crippen LogP) is 8.89. The predicted molar refractivity (Wildman–Crippen MR) is 113 cm³/mol. The van der Waals surface area contributed by atoms with Crippen molar-refractivity contribution < 1.29 is 4.79 Å². The van der Waals surface area contributed by atoms with Crippen molar-refractivity contribution in [1.82, 2.24) is 0 Å². The van der Waals surface area contributed by atoms with Gasteiger partial charge in [-0.25, -0.2) is 0 Å². The van der Waals surface area contributed by atoms with Crippen LogP contribution in [0.15, 0.2) is 0 Å². The molecule has 0 atom stereocenters. The fourth-order valence-corrected chi connectivity index (χ4v) is 2.78. The topological polar surface area (TPSA) is 17.1 Å². The normalized spacial score (nSPS) is 9.54. The SMILES string of the molecule is CC.CC.CCCCCCCCCCCCCCCCCCC=O. The lowest BCUT2D eigenvalue weighted by Crippen LogP contribution is -1.84. The highest BCUT2D eigenvalue weighted by Crippen LogP contribution is 2.13. The first-order valence-corrected chi connectivity index (χ1v) is 11.4. The van der Waals surface area contributed by atoms with Crippen molar-refractivity contribution in [2.24, 2.45) is 0 Å². The van der Waals surface area contributed by atoms with E-state index in [1.165, 1.54) is 96.3 Å². The van der Waals surface area contributed by atoms with Gasteiger partial charge in [0.25, 0.3) is 0 Å². The van der Waals surface area contributed by atoms with Gasteiger partial charge in [-0.3, -0.25) is 0 Å². The molecule has 0 aromatic rings. The van der Waals surface area contributed by atoms with Crippen molar-refractivity contribution in [3.63, 3.8) is 0 Å². The zero-order valence-corrected chi connectivity index (χ0v) is 18.0. The lowest BCUT2D eigenvalue weighted by Gasteiger charge is -2.03. The molecule has 0 fully saturated rings. The fourth-order valence-electron chi connectivity index (χ4n) is 2.78. The quantitative estimate of drug-likeness (QED) is 0.190. The number of unbranched alkanes of at least 4 members (excludes halogenated alkanes) is 16. The molecular weight excluding hydrogens is 292 g/mol. The van der Waals surface area contributed by atoms with Crippen LogP contribution in [0.3, 0.4) is 0 Å². The summed E-state index contributed by atoms with van der Waals surface area (Å²) in [6.45, 7) is 10.3. The minimum absolute atomic E-state index is 0.762. The number of hydrogen-bond donors (Lipinski definition) is 0. The molecule has 1 heteroatoms. The maximum Gasteiger partial charge on any atom is 0.119 e. The van der Waals surface area contributed by atoms with E-state index in [4.69, 9.17) is 0 Å². The van der Waals surface area contributed by atoms with Gasteiger partial charge in [0.15, 0.2) is 0 Å². The Labute approximate surface area is 155 Å². The first kappa shape index (κ1) is 28.5. The van der Waals surface area contributed by atoms with Crippen LogP contribution >= 0.6 is 0 Å². The van der Waals surface area contributed by atoms with Gasteiger partial charge < -0.3 is 4.79 Å². The number of carbonyl (C=O) groups is 1. The molecule has 0 bridgehead atoms. The molecule has 0 saturated heterocycles. The van der Waals surface area contributed by atoms with E-state index in [0.29, 0.717) is 0 Å². The summed E-state index contributed by atoms with van der Waals surface area (Å²) >= 11 is 0. The summed E-state index contributed by atoms with van der Waals surface area (Å²) in [5, 5.41) is 0. The van der Waals surface area contributed by atoms with Crippen LogP contribution in [0.25, 0.3) is 0 Å². The van der Waals surface area contributed by atoms with Gasteiger partial charge >= 0.3 is 0 Å². The number of carbonyl (C=O) groups excluding carboxylic acids is 1. The molecule has 0 amide bonds. The second-order valence-corrected chi connectivity index (χ2v) is 6.26. The van der Waals surface area contributed by atoms with Crippen molar-refractivity contribution in [3.8, 4) is 0 Å². The van der Waals surface area contributed by atoms with Gasteiger partial charge in [-0.1, -0.05) is 131 Å². The molecule has 0 rings (SSSR count). The molecular formula is C23H50O. The Morgan fingerprint density at radius 3 is 0.958 bits per heavy atom. The first-order chi connectivity index (χ1) is 11.9. The van der Waals surface area contributed by atoms with Gasteiger partial charge in [-0.2, -0.15) is 0 Å². The van der Waals surface area contributed by atoms with Gasteiger partial charge in [0, 0.05) is 6.42 Å². The second-order valence-electron chi connectivity index (χ2n) is 6.26. The summed E-state index contributed by atoms with van der Waals surface area (Å²) in [5.41, 5.74) is 0. The molecule has 1 nitrogen and oxygen atoms in total. The number of hydrogen-bond acceptors (Lipinski definition) is 1. The summed E-state index contributed by atoms with van der Waals surface area (Å²) < 4.78 is 0. The average Bonchev–Trinajstić information content (AvgIpc) is 2.65. The Bertz CT molecular complexity index is 177. The van der Waals surface area contributed by atoms with Crippen molar-refractivity contribution in [2.75, 3.05) is 0 Å². The molecule has 0 heterocycles. The Morgan fingerprint density at radius 1 is 0.458 bits per heavy atom. The zero-order valence-electron chi connectivity index (χ0n) is 18.0. The third kappa shape index (κ3) is 33.3. The van der Waals surface area contributed by atoms with Crippen LogP contribution in [0.5, 0.6) is 0 Å². The van der Waals surface area contributed by atoms with E-state index in [1.54, 1.807) is 0 Å². The molecule has 24 heavy (non-hydrogen) atoms. The van der Waals surface area contributed by atoms with E-state index in [9.17, 15) is 4.79 Å². The van der Waals surface area contributed by atoms with Gasteiger partial charge in [0.1, 0.15) is 6.29 Å². The molecule has 0 aliphatic carbocycles. The highest BCUT2D eigenvalue weighted by molar-refractivity contribution is 5.48. The second kappa shape index (κ2) is 34.1. The van der Waals surface area contributed by atoms with E-state index in [1.807, 2.05) is 27.7 Å². The zero-order chi connectivity index (χ0) is 18.7. The van der Waals surface area contributed by atoms with Gasteiger partial charge in [0.05, 0.1) is 0 Å². The molecule has 0 saturated carbocycles. The maximum atomic E-state index is 10.2. The van der Waals surface area contributed by atoms with Crippen LogP contribution in [-0.4, -0.2) is 6.29 Å². The largest absolute Gasteiger partial charge is 0.303 e. The number of aldehydes is 1. The Morgan fingerprint density at radius 2 is 0.708 bits per heavy atom. The minimum Gasteiger partial charge on any atom is -0.303 e. The first-order valence-electron chi connectivity index (χ1n) is 11.4. The summed E-state index contributed by atoms with van der Waals surface area (Å²) in [6.07, 6.45) is 24.1. The fraction of sp³-hybridized carbons (Fsp3) is 0.957. The third-order valence-corrected chi connectivity index (χ3v) is 4.18. The van der Waals surface area contributed by atoms with E-state index in [-0.39, 0.29) is 0 Å². The molecule has 0 aliphatic rings. The number of rotatable bonds is 17. The van der Waals surface area contributed by atoms with Gasteiger partial charge in [-0.15, -0.1) is 0 Å².